The smallest absolute Gasteiger partial charge is 0.249 e. The van der Waals surface area contributed by atoms with Crippen LogP contribution in [-0.2, 0) is 16.1 Å². The Kier molecular flexibility index (Phi) is 6.88. The second-order valence-corrected chi connectivity index (χ2v) is 8.53. The molecule has 1 aromatic heterocycles. The summed E-state index contributed by atoms with van der Waals surface area (Å²) in [5, 5.41) is 0. The molecule has 0 bridgehead atoms. The Hall–Kier alpha value is -1.89. The van der Waals surface area contributed by atoms with Crippen molar-refractivity contribution >= 4 is 39.2 Å². The fourth-order valence-corrected chi connectivity index (χ4v) is 4.76. The van der Waals surface area contributed by atoms with Crippen LogP contribution in [0.1, 0.15) is 17.5 Å². The minimum atomic E-state index is -0.0791. The van der Waals surface area contributed by atoms with E-state index < -0.39 is 0 Å². The number of amides is 1. The number of hydrogen-bond acceptors (Lipinski definition) is 4. The average Bonchev–Trinajstić information content (AvgIpc) is 2.97. The van der Waals surface area contributed by atoms with Gasteiger partial charge in [0.1, 0.15) is 0 Å². The van der Waals surface area contributed by atoms with E-state index in [1.807, 2.05) is 18.2 Å². The third-order valence-electron chi connectivity index (χ3n) is 4.37. The van der Waals surface area contributed by atoms with Crippen molar-refractivity contribution in [3.8, 4) is 0 Å². The van der Waals surface area contributed by atoms with Gasteiger partial charge in [0.05, 0.1) is 16.8 Å². The molecule has 1 amide bonds. The van der Waals surface area contributed by atoms with Crippen LogP contribution in [0.3, 0.4) is 0 Å². The summed E-state index contributed by atoms with van der Waals surface area (Å²) in [6, 6.07) is 14.5. The lowest BCUT2D eigenvalue weighted by molar-refractivity contribution is -0.117. The molecule has 4 nitrogen and oxygen atoms in total. The van der Waals surface area contributed by atoms with Crippen LogP contribution in [0.15, 0.2) is 52.4 Å². The number of rotatable bonds is 7. The summed E-state index contributed by atoms with van der Waals surface area (Å²) in [6.45, 7) is 5.49. The number of aryl methyl sites for hydroxylation is 2. The molecule has 0 radical (unpaired) electrons. The molecule has 0 spiro atoms. The van der Waals surface area contributed by atoms with E-state index in [1.165, 1.54) is 16.0 Å². The summed E-state index contributed by atoms with van der Waals surface area (Å²) in [4.78, 5) is 18.8. The molecule has 27 heavy (non-hydrogen) atoms. The zero-order valence-corrected chi connectivity index (χ0v) is 17.5. The van der Waals surface area contributed by atoms with Gasteiger partial charge in [0, 0.05) is 30.7 Å². The van der Waals surface area contributed by atoms with Crippen molar-refractivity contribution in [3.05, 3.63) is 58.4 Å². The molecule has 2 aromatic carbocycles. The number of carbonyl (C=O) groups is 1. The number of thioether (sulfide) groups is 1. The van der Waals surface area contributed by atoms with Crippen molar-refractivity contribution in [1.29, 1.82) is 0 Å². The van der Waals surface area contributed by atoms with Crippen molar-refractivity contribution in [2.45, 2.75) is 31.7 Å². The van der Waals surface area contributed by atoms with Gasteiger partial charge < -0.3 is 9.30 Å². The van der Waals surface area contributed by atoms with E-state index in [2.05, 4.69) is 47.7 Å². The molecule has 1 heterocycles. The minimum Gasteiger partial charge on any atom is -0.383 e. The molecule has 6 heteroatoms. The lowest BCUT2D eigenvalue weighted by Gasteiger charge is -2.06. The lowest BCUT2D eigenvalue weighted by atomic mass is 10.1. The Morgan fingerprint density at radius 1 is 1.19 bits per heavy atom. The second-order valence-electron chi connectivity index (χ2n) is 6.35. The Morgan fingerprint density at radius 3 is 2.67 bits per heavy atom. The number of thiazole rings is 1. The van der Waals surface area contributed by atoms with Crippen molar-refractivity contribution in [1.82, 2.24) is 4.57 Å². The highest BCUT2D eigenvalue weighted by atomic mass is 32.2. The Labute approximate surface area is 167 Å². The minimum absolute atomic E-state index is 0.0791. The molecule has 0 aliphatic rings. The monoisotopic (exact) mass is 400 g/mol. The van der Waals surface area contributed by atoms with Crippen LogP contribution in [0.4, 0.5) is 0 Å². The van der Waals surface area contributed by atoms with E-state index in [1.54, 1.807) is 30.2 Å². The topological polar surface area (TPSA) is 43.6 Å². The fraction of sp³-hybridized carbons (Fsp3) is 0.333. The lowest BCUT2D eigenvalue weighted by Crippen LogP contribution is -2.19. The predicted molar refractivity (Wildman–Crippen MR) is 114 cm³/mol. The van der Waals surface area contributed by atoms with Crippen LogP contribution in [0.2, 0.25) is 0 Å². The van der Waals surface area contributed by atoms with Crippen LogP contribution < -0.4 is 4.80 Å². The standard InChI is InChI=1S/C21H24N2O2S2/c1-15-13-18-19(14-16(15)2)27-21(23(18)10-11-25-3)22-20(24)9-12-26-17-7-5-4-6-8-17/h4-8,13-14H,9-12H2,1-3H3. The number of nitrogens with zero attached hydrogens (tertiary/aromatic N) is 2. The maximum absolute atomic E-state index is 12.4. The van der Waals surface area contributed by atoms with Crippen molar-refractivity contribution in [2.24, 2.45) is 4.99 Å². The van der Waals surface area contributed by atoms with Crippen LogP contribution in [0.25, 0.3) is 10.2 Å². The largest absolute Gasteiger partial charge is 0.383 e. The Bertz CT molecular complexity index is 991. The van der Waals surface area contributed by atoms with E-state index in [0.29, 0.717) is 19.6 Å². The molecule has 0 aliphatic carbocycles. The van der Waals surface area contributed by atoms with Gasteiger partial charge >= 0.3 is 0 Å². The van der Waals surface area contributed by atoms with Gasteiger partial charge in [0.25, 0.3) is 0 Å². The summed E-state index contributed by atoms with van der Waals surface area (Å²) in [5.41, 5.74) is 3.61. The summed E-state index contributed by atoms with van der Waals surface area (Å²) >= 11 is 3.25. The van der Waals surface area contributed by atoms with Crippen molar-refractivity contribution in [2.75, 3.05) is 19.5 Å². The van der Waals surface area contributed by atoms with Crippen molar-refractivity contribution in [3.63, 3.8) is 0 Å². The summed E-state index contributed by atoms with van der Waals surface area (Å²) < 4.78 is 8.49. The highest BCUT2D eigenvalue weighted by molar-refractivity contribution is 7.99. The van der Waals surface area contributed by atoms with Crippen LogP contribution >= 0.6 is 23.1 Å². The molecular weight excluding hydrogens is 376 g/mol. The zero-order chi connectivity index (χ0) is 19.2. The van der Waals surface area contributed by atoms with Gasteiger partial charge in [0.15, 0.2) is 4.80 Å². The first kappa shape index (κ1) is 19.9. The molecule has 0 aliphatic heterocycles. The maximum Gasteiger partial charge on any atom is 0.249 e. The van der Waals surface area contributed by atoms with Crippen LogP contribution in [0.5, 0.6) is 0 Å². The van der Waals surface area contributed by atoms with E-state index >= 15 is 0 Å². The summed E-state index contributed by atoms with van der Waals surface area (Å²) in [6.07, 6.45) is 0.427. The van der Waals surface area contributed by atoms with Crippen molar-refractivity contribution < 1.29 is 9.53 Å². The van der Waals surface area contributed by atoms with E-state index in [4.69, 9.17) is 4.74 Å². The molecule has 0 N–H and O–H groups in total. The molecule has 142 valence electrons. The SMILES string of the molecule is COCCn1c(=NC(=O)CCSc2ccccc2)sc2cc(C)c(C)cc21. The molecule has 0 fully saturated rings. The number of fused-ring (bicyclic) bond motifs is 1. The first-order chi connectivity index (χ1) is 13.1. The quantitative estimate of drug-likeness (QED) is 0.546. The number of benzene rings is 2. The van der Waals surface area contributed by atoms with E-state index in [-0.39, 0.29) is 5.91 Å². The predicted octanol–water partition coefficient (Wildman–Crippen LogP) is 4.58. The molecule has 3 aromatic rings. The zero-order valence-electron chi connectivity index (χ0n) is 15.9. The van der Waals surface area contributed by atoms with Crippen LogP contribution in [0, 0.1) is 13.8 Å². The van der Waals surface area contributed by atoms with Gasteiger partial charge in [-0.3, -0.25) is 4.79 Å². The third kappa shape index (κ3) is 5.09. The fourth-order valence-electron chi connectivity index (χ4n) is 2.74. The van der Waals surface area contributed by atoms with Crippen LogP contribution in [-0.4, -0.2) is 29.9 Å². The Morgan fingerprint density at radius 2 is 1.93 bits per heavy atom. The first-order valence-corrected chi connectivity index (χ1v) is 10.7. The molecule has 0 saturated carbocycles. The van der Waals surface area contributed by atoms with Gasteiger partial charge in [-0.1, -0.05) is 29.5 Å². The molecule has 0 atom stereocenters. The van der Waals surface area contributed by atoms with Gasteiger partial charge in [-0.15, -0.1) is 11.8 Å². The molecule has 0 saturated heterocycles. The van der Waals surface area contributed by atoms with Gasteiger partial charge in [0.2, 0.25) is 5.91 Å². The number of aromatic nitrogens is 1. The Balaban J connectivity index is 1.81. The molecular formula is C21H24N2O2S2. The maximum atomic E-state index is 12.4. The summed E-state index contributed by atoms with van der Waals surface area (Å²) in [5.74, 6) is 0.651. The first-order valence-electron chi connectivity index (χ1n) is 8.93. The normalized spacial score (nSPS) is 12.0. The number of hydrogen-bond donors (Lipinski definition) is 0. The number of methoxy groups -OCH3 is 1. The number of ether oxygens (including phenoxy) is 1. The second kappa shape index (κ2) is 9.35. The highest BCUT2D eigenvalue weighted by Gasteiger charge is 2.10. The van der Waals surface area contributed by atoms with E-state index in [9.17, 15) is 4.79 Å². The van der Waals surface area contributed by atoms with E-state index in [0.717, 1.165) is 20.8 Å². The number of carbonyl (C=O) groups excluding carboxylic acids is 1. The van der Waals surface area contributed by atoms with Gasteiger partial charge in [-0.25, -0.2) is 0 Å². The molecule has 3 rings (SSSR count). The molecule has 0 unspecified atom stereocenters. The van der Waals surface area contributed by atoms with Gasteiger partial charge in [-0.2, -0.15) is 4.99 Å². The summed E-state index contributed by atoms with van der Waals surface area (Å²) in [7, 11) is 1.69. The highest BCUT2D eigenvalue weighted by Crippen LogP contribution is 2.22. The van der Waals surface area contributed by atoms with Gasteiger partial charge in [-0.05, 0) is 49.2 Å². The third-order valence-corrected chi connectivity index (χ3v) is 6.42. The average molecular weight is 401 g/mol.